The molecule has 1 heterocycles. The minimum atomic E-state index is -0.667. The molecule has 5 N–H and O–H groups in total. The summed E-state index contributed by atoms with van der Waals surface area (Å²) in [6, 6.07) is 9.22. The number of carbonyl (C=O) groups excluding carboxylic acids is 2. The molecule has 0 spiro atoms. The van der Waals surface area contributed by atoms with Crippen LogP contribution in [-0.4, -0.2) is 22.9 Å². The van der Waals surface area contributed by atoms with Crippen LogP contribution in [0.3, 0.4) is 0 Å². The molecule has 0 bridgehead atoms. The minimum absolute atomic E-state index is 0.0849. The van der Waals surface area contributed by atoms with Gasteiger partial charge in [0.25, 0.3) is 0 Å². The van der Waals surface area contributed by atoms with Gasteiger partial charge in [0.05, 0.1) is 6.04 Å². The zero-order valence-corrected chi connectivity index (χ0v) is 15.2. The highest BCUT2D eigenvalue weighted by molar-refractivity contribution is 5.93. The van der Waals surface area contributed by atoms with Crippen LogP contribution in [-0.2, 0) is 9.59 Å². The first-order valence-corrected chi connectivity index (χ1v) is 8.45. The fraction of sp³-hybridized carbons (Fsp3) is 0.278. The van der Waals surface area contributed by atoms with Crippen LogP contribution in [0.5, 0.6) is 5.75 Å². The van der Waals surface area contributed by atoms with E-state index >= 15 is 0 Å². The van der Waals surface area contributed by atoms with Crippen LogP contribution >= 0.6 is 0 Å². The van der Waals surface area contributed by atoms with Crippen LogP contribution in [0.1, 0.15) is 26.7 Å². The van der Waals surface area contributed by atoms with E-state index in [1.807, 2.05) is 6.92 Å². The Morgan fingerprint density at radius 1 is 1.19 bits per heavy atom. The number of hydrogen-bond acceptors (Lipinski definition) is 8. The van der Waals surface area contributed by atoms with Gasteiger partial charge in [0, 0.05) is 6.42 Å². The van der Waals surface area contributed by atoms with Gasteiger partial charge in [0.15, 0.2) is 11.6 Å². The maximum atomic E-state index is 11.7. The smallest absolute Gasteiger partial charge is 0.311 e. The number of pyridine rings is 1. The van der Waals surface area contributed by atoms with E-state index in [1.165, 1.54) is 6.07 Å². The molecule has 1 aromatic heterocycles. The Morgan fingerprint density at radius 3 is 2.56 bits per heavy atom. The largest absolute Gasteiger partial charge is 0.424 e. The minimum Gasteiger partial charge on any atom is -0.424 e. The van der Waals surface area contributed by atoms with E-state index in [9.17, 15) is 9.59 Å². The van der Waals surface area contributed by atoms with Gasteiger partial charge in [-0.2, -0.15) is 0 Å². The van der Waals surface area contributed by atoms with Crippen molar-refractivity contribution in [3.8, 4) is 5.75 Å². The van der Waals surface area contributed by atoms with Crippen LogP contribution in [0.15, 0.2) is 46.6 Å². The van der Waals surface area contributed by atoms with Crippen LogP contribution in [0.25, 0.3) is 0 Å². The monoisotopic (exact) mass is 370 g/mol. The third-order valence-electron chi connectivity index (χ3n) is 3.38. The van der Waals surface area contributed by atoms with Gasteiger partial charge in [-0.3, -0.25) is 9.59 Å². The van der Waals surface area contributed by atoms with E-state index in [2.05, 4.69) is 20.5 Å². The molecule has 1 atom stereocenters. The molecular weight excluding hydrogens is 348 g/mol. The Bertz CT molecular complexity index is 851. The zero-order valence-electron chi connectivity index (χ0n) is 15.2. The van der Waals surface area contributed by atoms with Gasteiger partial charge in [0.1, 0.15) is 17.2 Å². The van der Waals surface area contributed by atoms with Gasteiger partial charge in [-0.15, -0.1) is 10.2 Å². The lowest BCUT2D eigenvalue weighted by atomic mass is 10.3. The predicted molar refractivity (Wildman–Crippen MR) is 102 cm³/mol. The molecule has 0 aliphatic heterocycles. The second kappa shape index (κ2) is 9.39. The molecule has 27 heavy (non-hydrogen) atoms. The number of rotatable bonds is 7. The summed E-state index contributed by atoms with van der Waals surface area (Å²) in [6.45, 7) is 3.45. The molecular formula is C18H22N6O3. The Labute approximate surface area is 156 Å². The molecule has 1 aromatic carbocycles. The predicted octanol–water partition coefficient (Wildman–Crippen LogP) is 3.07. The summed E-state index contributed by atoms with van der Waals surface area (Å²) in [6.07, 6.45) is 1.01. The van der Waals surface area contributed by atoms with Crippen molar-refractivity contribution >= 4 is 34.9 Å². The summed E-state index contributed by atoms with van der Waals surface area (Å²) >= 11 is 0. The van der Waals surface area contributed by atoms with E-state index < -0.39 is 6.04 Å². The van der Waals surface area contributed by atoms with Gasteiger partial charge >= 0.3 is 5.97 Å². The molecule has 0 fully saturated rings. The standard InChI is InChI=1S/C18H22N6O3/c1-3-6-16(25)27-14-8-5-4-7-12(14)23-24-13-9-10-15(21-17(13)20)22-18(26)11(2)19/h4-5,7-11H,3,6,19H2,1-2H3,(H3,20,21,22,26)/t11-/m0/s1. The number of nitrogens with one attached hydrogen (secondary N) is 1. The van der Waals surface area contributed by atoms with Gasteiger partial charge in [0.2, 0.25) is 5.91 Å². The summed E-state index contributed by atoms with van der Waals surface area (Å²) in [5.74, 6) is -0.0500. The van der Waals surface area contributed by atoms with Crippen molar-refractivity contribution in [2.24, 2.45) is 16.0 Å². The lowest BCUT2D eigenvalue weighted by molar-refractivity contribution is -0.134. The van der Waals surface area contributed by atoms with Crippen molar-refractivity contribution in [3.63, 3.8) is 0 Å². The first-order chi connectivity index (χ1) is 12.9. The number of benzene rings is 1. The van der Waals surface area contributed by atoms with E-state index in [0.717, 1.165) is 0 Å². The van der Waals surface area contributed by atoms with Crippen LogP contribution < -0.4 is 21.5 Å². The van der Waals surface area contributed by atoms with Crippen molar-refractivity contribution in [1.82, 2.24) is 4.98 Å². The number of anilines is 2. The molecule has 0 radical (unpaired) electrons. The molecule has 142 valence electrons. The molecule has 1 amide bonds. The summed E-state index contributed by atoms with van der Waals surface area (Å²) in [5.41, 5.74) is 12.0. The van der Waals surface area contributed by atoms with Crippen LogP contribution in [0, 0.1) is 0 Å². The maximum absolute atomic E-state index is 11.7. The molecule has 2 aromatic rings. The first-order valence-electron chi connectivity index (χ1n) is 8.45. The highest BCUT2D eigenvalue weighted by Gasteiger charge is 2.11. The lowest BCUT2D eigenvalue weighted by Crippen LogP contribution is -2.32. The number of hydrogen-bond donors (Lipinski definition) is 3. The van der Waals surface area contributed by atoms with Crippen molar-refractivity contribution in [3.05, 3.63) is 36.4 Å². The maximum Gasteiger partial charge on any atom is 0.311 e. The third kappa shape index (κ3) is 5.86. The Kier molecular flexibility index (Phi) is 6.95. The molecule has 2 rings (SSSR count). The number of nitrogens with two attached hydrogens (primary N) is 2. The van der Waals surface area contributed by atoms with E-state index in [-0.39, 0.29) is 23.5 Å². The van der Waals surface area contributed by atoms with Crippen LogP contribution in [0.2, 0.25) is 0 Å². The second-order valence-corrected chi connectivity index (χ2v) is 5.77. The summed E-state index contributed by atoms with van der Waals surface area (Å²) in [4.78, 5) is 27.3. The van der Waals surface area contributed by atoms with Crippen molar-refractivity contribution in [2.45, 2.75) is 32.7 Å². The first kappa shape index (κ1) is 20.0. The number of carbonyl (C=O) groups is 2. The van der Waals surface area contributed by atoms with Crippen molar-refractivity contribution in [2.75, 3.05) is 11.1 Å². The topological polar surface area (TPSA) is 145 Å². The van der Waals surface area contributed by atoms with Crippen LogP contribution in [0.4, 0.5) is 23.0 Å². The number of esters is 1. The molecule has 9 nitrogen and oxygen atoms in total. The average Bonchev–Trinajstić information content (AvgIpc) is 2.62. The van der Waals surface area contributed by atoms with Crippen molar-refractivity contribution in [1.29, 1.82) is 0 Å². The highest BCUT2D eigenvalue weighted by Crippen LogP contribution is 2.30. The Morgan fingerprint density at radius 2 is 1.89 bits per heavy atom. The highest BCUT2D eigenvalue weighted by atomic mass is 16.5. The number of amides is 1. The molecule has 9 heteroatoms. The Hall–Kier alpha value is -3.33. The number of nitrogens with zero attached hydrogens (tertiary/aromatic N) is 3. The Balaban J connectivity index is 2.16. The fourth-order valence-electron chi connectivity index (χ4n) is 1.97. The number of nitrogen functional groups attached to an aromatic ring is 1. The van der Waals surface area contributed by atoms with E-state index in [1.54, 1.807) is 37.3 Å². The van der Waals surface area contributed by atoms with Gasteiger partial charge in [-0.05, 0) is 37.6 Å². The average molecular weight is 370 g/mol. The quantitative estimate of drug-likeness (QED) is 0.388. The van der Waals surface area contributed by atoms with E-state index in [4.69, 9.17) is 16.2 Å². The normalized spacial score (nSPS) is 12.0. The number of ether oxygens (including phenoxy) is 1. The number of azo groups is 1. The van der Waals surface area contributed by atoms with Gasteiger partial charge in [-0.25, -0.2) is 4.98 Å². The fourth-order valence-corrected chi connectivity index (χ4v) is 1.97. The van der Waals surface area contributed by atoms with Gasteiger partial charge in [-0.1, -0.05) is 19.1 Å². The molecule has 0 saturated heterocycles. The van der Waals surface area contributed by atoms with Gasteiger partial charge < -0.3 is 21.5 Å². The van der Waals surface area contributed by atoms with Crippen molar-refractivity contribution < 1.29 is 14.3 Å². The molecule has 0 saturated carbocycles. The number of para-hydroxylation sites is 1. The third-order valence-corrected chi connectivity index (χ3v) is 3.38. The lowest BCUT2D eigenvalue weighted by Gasteiger charge is -2.08. The molecule has 0 aliphatic rings. The summed E-state index contributed by atoms with van der Waals surface area (Å²) in [5, 5.41) is 10.7. The number of aromatic nitrogens is 1. The molecule has 0 unspecified atom stereocenters. The summed E-state index contributed by atoms with van der Waals surface area (Å²) < 4.78 is 5.29. The zero-order chi connectivity index (χ0) is 19.8. The SMILES string of the molecule is CCCC(=O)Oc1ccccc1N=Nc1ccc(NC(=O)[C@H](C)N)nc1N. The summed E-state index contributed by atoms with van der Waals surface area (Å²) in [7, 11) is 0. The van der Waals surface area contributed by atoms with E-state index in [0.29, 0.717) is 30.0 Å². The molecule has 0 aliphatic carbocycles. The second-order valence-electron chi connectivity index (χ2n) is 5.77.